The third kappa shape index (κ3) is 6.51. The van der Waals surface area contributed by atoms with Crippen molar-refractivity contribution in [1.29, 1.82) is 0 Å². The first-order valence-corrected chi connectivity index (χ1v) is 10.2. The van der Waals surface area contributed by atoms with Crippen LogP contribution in [0.4, 0.5) is 5.00 Å². The van der Waals surface area contributed by atoms with Gasteiger partial charge in [-0.2, -0.15) is 0 Å². The fourth-order valence-corrected chi connectivity index (χ4v) is 4.19. The molecule has 1 atom stereocenters. The van der Waals surface area contributed by atoms with Crippen LogP contribution in [0.5, 0.6) is 0 Å². The number of carbonyl (C=O) groups is 2. The van der Waals surface area contributed by atoms with E-state index in [2.05, 4.69) is 33.0 Å². The van der Waals surface area contributed by atoms with Crippen molar-refractivity contribution in [3.8, 4) is 0 Å². The van der Waals surface area contributed by atoms with Gasteiger partial charge in [0.2, 0.25) is 5.91 Å². The molecule has 1 heterocycles. The molecule has 0 spiro atoms. The minimum absolute atomic E-state index is 0.136. The number of esters is 1. The van der Waals surface area contributed by atoms with Crippen molar-refractivity contribution in [1.82, 2.24) is 0 Å². The van der Waals surface area contributed by atoms with Crippen molar-refractivity contribution in [2.24, 2.45) is 5.41 Å². The molecule has 1 N–H and O–H groups in total. The van der Waals surface area contributed by atoms with Crippen LogP contribution in [-0.2, 0) is 16.0 Å². The molecule has 0 aliphatic heterocycles. The predicted octanol–water partition coefficient (Wildman–Crippen LogP) is 5.65. The van der Waals surface area contributed by atoms with Gasteiger partial charge < -0.3 is 10.1 Å². The van der Waals surface area contributed by atoms with Crippen molar-refractivity contribution in [2.75, 3.05) is 11.9 Å². The number of thiophene rings is 1. The number of ether oxygens (including phenoxy) is 1. The van der Waals surface area contributed by atoms with Crippen LogP contribution in [-0.4, -0.2) is 18.5 Å². The van der Waals surface area contributed by atoms with Crippen molar-refractivity contribution in [3.63, 3.8) is 0 Å². The molecular formula is C22H29NO3S. The van der Waals surface area contributed by atoms with Crippen molar-refractivity contribution in [2.45, 2.75) is 53.4 Å². The fraction of sp³-hybridized carbons (Fsp3) is 0.455. The van der Waals surface area contributed by atoms with Gasteiger partial charge in [-0.15, -0.1) is 11.3 Å². The Bertz CT molecular complexity index is 775. The molecule has 0 bridgehead atoms. The minimum Gasteiger partial charge on any atom is -0.462 e. The molecule has 0 aliphatic rings. The first-order valence-electron chi connectivity index (χ1n) is 9.34. The van der Waals surface area contributed by atoms with E-state index >= 15 is 0 Å². The van der Waals surface area contributed by atoms with E-state index in [1.54, 1.807) is 6.92 Å². The molecule has 1 aromatic heterocycles. The SMILES string of the molecule is CCOC(=O)c1cc(C(C)CC(C)(C)C)sc1NC(=O)Cc1ccccc1. The van der Waals surface area contributed by atoms with Crippen LogP contribution >= 0.6 is 11.3 Å². The van der Waals surface area contributed by atoms with Gasteiger partial charge in [0.05, 0.1) is 18.6 Å². The van der Waals surface area contributed by atoms with E-state index in [4.69, 9.17) is 4.74 Å². The number of nitrogens with one attached hydrogen (secondary N) is 1. The van der Waals surface area contributed by atoms with E-state index in [1.165, 1.54) is 11.3 Å². The van der Waals surface area contributed by atoms with Gasteiger partial charge in [-0.25, -0.2) is 4.79 Å². The molecule has 1 amide bonds. The van der Waals surface area contributed by atoms with Crippen LogP contribution in [0.1, 0.15) is 67.8 Å². The van der Waals surface area contributed by atoms with E-state index in [1.807, 2.05) is 36.4 Å². The summed E-state index contributed by atoms with van der Waals surface area (Å²) in [5.41, 5.74) is 1.56. The summed E-state index contributed by atoms with van der Waals surface area (Å²) in [6.45, 7) is 10.8. The average Bonchev–Trinajstić information content (AvgIpc) is 2.98. The first kappa shape index (κ1) is 21.2. The Labute approximate surface area is 165 Å². The summed E-state index contributed by atoms with van der Waals surface area (Å²) in [6.07, 6.45) is 1.26. The second-order valence-electron chi connectivity index (χ2n) is 7.99. The van der Waals surface area contributed by atoms with E-state index in [9.17, 15) is 9.59 Å². The molecule has 1 aromatic carbocycles. The number of anilines is 1. The molecule has 0 saturated carbocycles. The summed E-state index contributed by atoms with van der Waals surface area (Å²) in [5.74, 6) is -0.232. The van der Waals surface area contributed by atoms with Crippen LogP contribution in [0.15, 0.2) is 36.4 Å². The van der Waals surface area contributed by atoms with Crippen molar-refractivity contribution >= 4 is 28.2 Å². The minimum atomic E-state index is -0.391. The van der Waals surface area contributed by atoms with Crippen molar-refractivity contribution < 1.29 is 14.3 Å². The highest BCUT2D eigenvalue weighted by Gasteiger charge is 2.24. The van der Waals surface area contributed by atoms with Crippen LogP contribution in [0, 0.1) is 5.41 Å². The maximum Gasteiger partial charge on any atom is 0.341 e. The van der Waals surface area contributed by atoms with Gasteiger partial charge in [-0.3, -0.25) is 4.79 Å². The molecule has 4 nitrogen and oxygen atoms in total. The number of hydrogen-bond donors (Lipinski definition) is 1. The molecule has 0 aliphatic carbocycles. The zero-order chi connectivity index (χ0) is 20.0. The summed E-state index contributed by atoms with van der Waals surface area (Å²) in [7, 11) is 0. The number of benzene rings is 1. The second kappa shape index (κ2) is 9.18. The molecule has 1 unspecified atom stereocenters. The zero-order valence-electron chi connectivity index (χ0n) is 16.8. The number of carbonyl (C=O) groups excluding carboxylic acids is 2. The number of rotatable bonds is 7. The normalized spacial score (nSPS) is 12.5. The Balaban J connectivity index is 2.21. The number of amides is 1. The molecule has 5 heteroatoms. The molecule has 2 rings (SSSR count). The summed E-state index contributed by atoms with van der Waals surface area (Å²) >= 11 is 1.47. The molecule has 0 fully saturated rings. The summed E-state index contributed by atoms with van der Waals surface area (Å²) < 4.78 is 5.18. The lowest BCUT2D eigenvalue weighted by molar-refractivity contribution is -0.115. The third-order valence-corrected chi connectivity index (χ3v) is 5.39. The van der Waals surface area contributed by atoms with E-state index < -0.39 is 5.97 Å². The lowest BCUT2D eigenvalue weighted by atomic mass is 9.85. The highest BCUT2D eigenvalue weighted by atomic mass is 32.1. The zero-order valence-corrected chi connectivity index (χ0v) is 17.6. The second-order valence-corrected chi connectivity index (χ2v) is 9.07. The topological polar surface area (TPSA) is 55.4 Å². The molecule has 27 heavy (non-hydrogen) atoms. The lowest BCUT2D eigenvalue weighted by Crippen LogP contribution is -2.16. The van der Waals surface area contributed by atoms with E-state index in [0.717, 1.165) is 16.9 Å². The Kier molecular flexibility index (Phi) is 7.19. The van der Waals surface area contributed by atoms with E-state index in [0.29, 0.717) is 23.1 Å². The standard InChI is InChI=1S/C22H29NO3S/c1-6-26-21(25)17-13-18(15(2)14-22(3,4)5)27-20(17)23-19(24)12-16-10-8-7-9-11-16/h7-11,13,15H,6,12,14H2,1-5H3,(H,23,24). The molecule has 0 radical (unpaired) electrons. The highest BCUT2D eigenvalue weighted by molar-refractivity contribution is 7.16. The maximum absolute atomic E-state index is 12.5. The summed E-state index contributed by atoms with van der Waals surface area (Å²) in [5, 5.41) is 3.49. The summed E-state index contributed by atoms with van der Waals surface area (Å²) in [6, 6.07) is 11.4. The quantitative estimate of drug-likeness (QED) is 0.625. The predicted molar refractivity (Wildman–Crippen MR) is 112 cm³/mol. The Morgan fingerprint density at radius 2 is 1.85 bits per heavy atom. The Morgan fingerprint density at radius 1 is 1.19 bits per heavy atom. The van der Waals surface area contributed by atoms with Gasteiger partial charge >= 0.3 is 5.97 Å². The first-order chi connectivity index (χ1) is 12.7. The van der Waals surface area contributed by atoms with Gasteiger partial charge in [0.15, 0.2) is 0 Å². The molecule has 146 valence electrons. The molecule has 2 aromatic rings. The monoisotopic (exact) mass is 387 g/mol. The Morgan fingerprint density at radius 3 is 2.44 bits per heavy atom. The van der Waals surface area contributed by atoms with Gasteiger partial charge in [0.1, 0.15) is 5.00 Å². The van der Waals surface area contributed by atoms with Gasteiger partial charge in [0.25, 0.3) is 0 Å². The Hall–Kier alpha value is -2.14. The lowest BCUT2D eigenvalue weighted by Gasteiger charge is -2.22. The van der Waals surface area contributed by atoms with Crippen LogP contribution in [0.3, 0.4) is 0 Å². The maximum atomic E-state index is 12.5. The molecular weight excluding hydrogens is 358 g/mol. The summed E-state index contributed by atoms with van der Waals surface area (Å²) in [4.78, 5) is 25.9. The molecule has 0 saturated heterocycles. The average molecular weight is 388 g/mol. The fourth-order valence-electron chi connectivity index (χ4n) is 3.08. The van der Waals surface area contributed by atoms with Crippen molar-refractivity contribution in [3.05, 3.63) is 52.4 Å². The smallest absolute Gasteiger partial charge is 0.341 e. The van der Waals surface area contributed by atoms with Gasteiger partial charge in [0, 0.05) is 4.88 Å². The van der Waals surface area contributed by atoms with Gasteiger partial charge in [-0.1, -0.05) is 58.0 Å². The van der Waals surface area contributed by atoms with Crippen LogP contribution in [0.25, 0.3) is 0 Å². The number of hydrogen-bond acceptors (Lipinski definition) is 4. The van der Waals surface area contributed by atoms with E-state index in [-0.39, 0.29) is 17.7 Å². The van der Waals surface area contributed by atoms with Gasteiger partial charge in [-0.05, 0) is 36.3 Å². The van der Waals surface area contributed by atoms with Crippen LogP contribution < -0.4 is 5.32 Å². The third-order valence-electron chi connectivity index (χ3n) is 4.11. The highest BCUT2D eigenvalue weighted by Crippen LogP contribution is 2.38. The van der Waals surface area contributed by atoms with Crippen LogP contribution in [0.2, 0.25) is 0 Å². The largest absolute Gasteiger partial charge is 0.462 e.